The second kappa shape index (κ2) is 10.8. The number of anilines is 1. The van der Waals surface area contributed by atoms with Gasteiger partial charge in [0.25, 0.3) is 5.91 Å². The molecule has 1 heterocycles. The molecule has 2 amide bonds. The van der Waals surface area contributed by atoms with Crippen LogP contribution in [0.2, 0.25) is 0 Å². The van der Waals surface area contributed by atoms with Crippen molar-refractivity contribution in [1.29, 1.82) is 0 Å². The third kappa shape index (κ3) is 5.93. The van der Waals surface area contributed by atoms with Gasteiger partial charge in [0.2, 0.25) is 5.91 Å². The zero-order valence-electron chi connectivity index (χ0n) is 20.3. The number of hydrogen-bond acceptors (Lipinski definition) is 4. The summed E-state index contributed by atoms with van der Waals surface area (Å²) in [6, 6.07) is 13.9. The number of nitrogens with one attached hydrogen (secondary N) is 1. The van der Waals surface area contributed by atoms with Crippen molar-refractivity contribution in [2.45, 2.75) is 65.0 Å². The zero-order valence-corrected chi connectivity index (χ0v) is 20.3. The Morgan fingerprint density at radius 2 is 1.64 bits per heavy atom. The molecule has 0 bridgehead atoms. The van der Waals surface area contributed by atoms with Crippen LogP contribution in [0.3, 0.4) is 0 Å². The SMILES string of the molecule is CC[C@H](C)[C@H](N)C(=O)N1CCC(Nc2ccc(-c3ccc(C(C)C)cc3)cc2C(N)=O)CC1. The lowest BCUT2D eigenvalue weighted by Gasteiger charge is -2.35. The number of nitrogens with two attached hydrogens (primary N) is 2. The van der Waals surface area contributed by atoms with E-state index in [0.29, 0.717) is 24.6 Å². The molecule has 178 valence electrons. The number of rotatable bonds is 8. The Morgan fingerprint density at radius 3 is 2.18 bits per heavy atom. The molecule has 1 aliphatic heterocycles. The molecule has 3 rings (SSSR count). The van der Waals surface area contributed by atoms with Crippen molar-refractivity contribution in [1.82, 2.24) is 4.90 Å². The number of amides is 2. The van der Waals surface area contributed by atoms with Gasteiger partial charge in [-0.05, 0) is 53.5 Å². The molecular formula is C27H38N4O2. The number of piperidine rings is 1. The van der Waals surface area contributed by atoms with Gasteiger partial charge in [-0.15, -0.1) is 0 Å². The molecule has 1 aliphatic rings. The molecule has 6 heteroatoms. The van der Waals surface area contributed by atoms with Crippen LogP contribution < -0.4 is 16.8 Å². The minimum Gasteiger partial charge on any atom is -0.382 e. The second-order valence-electron chi connectivity index (χ2n) is 9.56. The van der Waals surface area contributed by atoms with Gasteiger partial charge in [0.1, 0.15) is 0 Å². The number of carbonyl (C=O) groups is 2. The molecule has 0 spiro atoms. The predicted octanol–water partition coefficient (Wildman–Crippen LogP) is 4.35. The average molecular weight is 451 g/mol. The first kappa shape index (κ1) is 24.8. The topological polar surface area (TPSA) is 101 Å². The van der Waals surface area contributed by atoms with E-state index in [0.717, 1.165) is 36.1 Å². The molecular weight excluding hydrogens is 412 g/mol. The third-order valence-electron chi connectivity index (χ3n) is 6.90. The van der Waals surface area contributed by atoms with Crippen molar-refractivity contribution in [3.05, 3.63) is 53.6 Å². The zero-order chi connectivity index (χ0) is 24.1. The summed E-state index contributed by atoms with van der Waals surface area (Å²) in [6.07, 6.45) is 2.49. The Morgan fingerprint density at radius 1 is 1.03 bits per heavy atom. The molecule has 33 heavy (non-hydrogen) atoms. The van der Waals surface area contributed by atoms with Gasteiger partial charge in [0.05, 0.1) is 11.6 Å². The summed E-state index contributed by atoms with van der Waals surface area (Å²) in [4.78, 5) is 26.7. The Hall–Kier alpha value is -2.86. The second-order valence-corrected chi connectivity index (χ2v) is 9.56. The van der Waals surface area contributed by atoms with Gasteiger partial charge in [-0.3, -0.25) is 9.59 Å². The van der Waals surface area contributed by atoms with E-state index in [1.807, 2.05) is 30.0 Å². The summed E-state index contributed by atoms with van der Waals surface area (Å²) in [6.45, 7) is 9.72. The molecule has 0 aromatic heterocycles. The Kier molecular flexibility index (Phi) is 8.14. The number of likely N-dealkylation sites (tertiary alicyclic amines) is 1. The Balaban J connectivity index is 1.68. The monoisotopic (exact) mass is 450 g/mol. The fraction of sp³-hybridized carbons (Fsp3) is 0.481. The number of primary amides is 1. The lowest BCUT2D eigenvalue weighted by Crippen LogP contribution is -2.51. The standard InChI is InChI=1S/C27H38N4O2/c1-5-18(4)25(28)27(33)31-14-12-22(13-15-31)30-24-11-10-21(16-23(24)26(29)32)20-8-6-19(7-9-20)17(2)3/h6-11,16-18,22,25,30H,5,12-15,28H2,1-4H3,(H2,29,32)/t18-,25-/m0/s1. The van der Waals surface area contributed by atoms with Gasteiger partial charge in [-0.2, -0.15) is 0 Å². The first-order valence-electron chi connectivity index (χ1n) is 12.1. The van der Waals surface area contributed by atoms with Crippen LogP contribution >= 0.6 is 0 Å². The highest BCUT2D eigenvalue weighted by Crippen LogP contribution is 2.28. The quantitative estimate of drug-likeness (QED) is 0.556. The molecule has 2 aromatic rings. The molecule has 1 saturated heterocycles. The maximum Gasteiger partial charge on any atom is 0.250 e. The summed E-state index contributed by atoms with van der Waals surface area (Å²) in [5.41, 5.74) is 16.4. The number of benzene rings is 2. The summed E-state index contributed by atoms with van der Waals surface area (Å²) >= 11 is 0. The van der Waals surface area contributed by atoms with E-state index in [1.54, 1.807) is 0 Å². The van der Waals surface area contributed by atoms with Crippen LogP contribution in [0.25, 0.3) is 11.1 Å². The molecule has 5 N–H and O–H groups in total. The van der Waals surface area contributed by atoms with Gasteiger partial charge in [-0.25, -0.2) is 0 Å². The maximum absolute atomic E-state index is 12.7. The normalized spacial score (nSPS) is 16.5. The maximum atomic E-state index is 12.7. The summed E-state index contributed by atoms with van der Waals surface area (Å²) < 4.78 is 0. The van der Waals surface area contributed by atoms with Crippen LogP contribution in [0.15, 0.2) is 42.5 Å². The van der Waals surface area contributed by atoms with Gasteiger partial charge in [0, 0.05) is 24.8 Å². The number of hydrogen-bond donors (Lipinski definition) is 3. The minimum absolute atomic E-state index is 0.0356. The van der Waals surface area contributed by atoms with Crippen molar-refractivity contribution < 1.29 is 9.59 Å². The van der Waals surface area contributed by atoms with E-state index in [1.165, 1.54) is 5.56 Å². The fourth-order valence-electron chi connectivity index (χ4n) is 4.29. The van der Waals surface area contributed by atoms with Gasteiger partial charge < -0.3 is 21.7 Å². The summed E-state index contributed by atoms with van der Waals surface area (Å²) in [5, 5.41) is 3.49. The summed E-state index contributed by atoms with van der Waals surface area (Å²) in [5.74, 6) is 0.226. The first-order chi connectivity index (χ1) is 15.7. The van der Waals surface area contributed by atoms with E-state index in [4.69, 9.17) is 11.5 Å². The lowest BCUT2D eigenvalue weighted by atomic mass is 9.96. The van der Waals surface area contributed by atoms with Crippen molar-refractivity contribution in [2.24, 2.45) is 17.4 Å². The summed E-state index contributed by atoms with van der Waals surface area (Å²) in [7, 11) is 0. The van der Waals surface area contributed by atoms with Crippen LogP contribution in [0, 0.1) is 5.92 Å². The van der Waals surface area contributed by atoms with E-state index >= 15 is 0 Å². The molecule has 0 aliphatic carbocycles. The smallest absolute Gasteiger partial charge is 0.250 e. The van der Waals surface area contributed by atoms with Crippen LogP contribution in [-0.2, 0) is 4.79 Å². The van der Waals surface area contributed by atoms with Crippen LogP contribution in [0.4, 0.5) is 5.69 Å². The molecule has 0 saturated carbocycles. The third-order valence-corrected chi connectivity index (χ3v) is 6.90. The number of carbonyl (C=O) groups excluding carboxylic acids is 2. The van der Waals surface area contributed by atoms with Crippen molar-refractivity contribution in [3.8, 4) is 11.1 Å². The first-order valence-corrected chi connectivity index (χ1v) is 12.1. The van der Waals surface area contributed by atoms with Crippen LogP contribution in [0.5, 0.6) is 0 Å². The molecule has 2 atom stereocenters. The molecule has 0 unspecified atom stereocenters. The van der Waals surface area contributed by atoms with Crippen molar-refractivity contribution in [3.63, 3.8) is 0 Å². The lowest BCUT2D eigenvalue weighted by molar-refractivity contribution is -0.134. The number of nitrogens with zero attached hydrogens (tertiary/aromatic N) is 1. The highest BCUT2D eigenvalue weighted by atomic mass is 16.2. The van der Waals surface area contributed by atoms with Crippen molar-refractivity contribution >= 4 is 17.5 Å². The van der Waals surface area contributed by atoms with E-state index < -0.39 is 11.9 Å². The molecule has 1 fully saturated rings. The van der Waals surface area contributed by atoms with Gasteiger partial charge >= 0.3 is 0 Å². The van der Waals surface area contributed by atoms with Crippen LogP contribution in [0.1, 0.15) is 68.8 Å². The minimum atomic E-state index is -0.453. The van der Waals surface area contributed by atoms with Crippen molar-refractivity contribution in [2.75, 3.05) is 18.4 Å². The largest absolute Gasteiger partial charge is 0.382 e. The fourth-order valence-corrected chi connectivity index (χ4v) is 4.29. The predicted molar refractivity (Wildman–Crippen MR) is 135 cm³/mol. The Labute approximate surface area is 197 Å². The van der Waals surface area contributed by atoms with E-state index in [2.05, 4.69) is 50.4 Å². The Bertz CT molecular complexity index is 963. The highest BCUT2D eigenvalue weighted by molar-refractivity contribution is 6.00. The van der Waals surface area contributed by atoms with Crippen LogP contribution in [-0.4, -0.2) is 41.9 Å². The molecule has 0 radical (unpaired) electrons. The molecule has 6 nitrogen and oxygen atoms in total. The van der Waals surface area contributed by atoms with Gasteiger partial charge in [-0.1, -0.05) is 64.4 Å². The van der Waals surface area contributed by atoms with E-state index in [9.17, 15) is 9.59 Å². The van der Waals surface area contributed by atoms with Gasteiger partial charge in [0.15, 0.2) is 0 Å². The highest BCUT2D eigenvalue weighted by Gasteiger charge is 2.29. The molecule has 2 aromatic carbocycles. The average Bonchev–Trinajstić information content (AvgIpc) is 2.83. The van der Waals surface area contributed by atoms with E-state index in [-0.39, 0.29) is 17.9 Å².